The van der Waals surface area contributed by atoms with Crippen molar-refractivity contribution in [3.8, 4) is 0 Å². The summed E-state index contributed by atoms with van der Waals surface area (Å²) in [5, 5.41) is 0. The van der Waals surface area contributed by atoms with Crippen LogP contribution in [-0.2, 0) is 4.74 Å². The van der Waals surface area contributed by atoms with Crippen molar-refractivity contribution >= 4 is 11.8 Å². The average Bonchev–Trinajstić information content (AvgIpc) is 2.31. The lowest BCUT2D eigenvalue weighted by Crippen LogP contribution is -1.99. The molecule has 1 heterocycles. The van der Waals surface area contributed by atoms with Crippen LogP contribution in [0.4, 0.5) is 4.79 Å². The first-order chi connectivity index (χ1) is 4.83. The quantitative estimate of drug-likeness (QED) is 0.600. The van der Waals surface area contributed by atoms with Gasteiger partial charge < -0.3 is 4.74 Å². The van der Waals surface area contributed by atoms with E-state index in [4.69, 9.17) is 0 Å². The Morgan fingerprint density at radius 3 is 3.00 bits per heavy atom. The van der Waals surface area contributed by atoms with Crippen molar-refractivity contribution in [2.45, 2.75) is 26.2 Å². The maximum atomic E-state index is 10.4. The molecular formula is C7H11NO2. The number of carbonyl (C=O) groups is 1. The highest BCUT2D eigenvalue weighted by Gasteiger charge is 2.13. The van der Waals surface area contributed by atoms with Crippen LogP contribution in [-0.4, -0.2) is 18.4 Å². The summed E-state index contributed by atoms with van der Waals surface area (Å²) in [6.45, 7) is 2.52. The lowest BCUT2D eigenvalue weighted by molar-refractivity contribution is 0.181. The number of aliphatic imine (C=N–C) groups is 1. The molecule has 10 heavy (non-hydrogen) atoms. The van der Waals surface area contributed by atoms with Gasteiger partial charge in [0.05, 0.1) is 5.71 Å². The molecule has 0 aliphatic carbocycles. The summed E-state index contributed by atoms with van der Waals surface area (Å²) in [6, 6.07) is 0. The molecule has 0 atom stereocenters. The fourth-order valence-electron chi connectivity index (χ4n) is 0.848. The third-order valence-electron chi connectivity index (χ3n) is 1.43. The largest absolute Gasteiger partial charge is 0.442 e. The first-order valence-corrected chi connectivity index (χ1v) is 3.56. The Labute approximate surface area is 60.1 Å². The zero-order chi connectivity index (χ0) is 7.40. The standard InChI is InChI=1S/C7H11NO2/c1-2-3-4-6-5-10-7(9)8-6/h2-5H2,1H3. The van der Waals surface area contributed by atoms with Gasteiger partial charge in [-0.25, -0.2) is 4.79 Å². The maximum absolute atomic E-state index is 10.4. The highest BCUT2D eigenvalue weighted by molar-refractivity contribution is 5.98. The van der Waals surface area contributed by atoms with Crippen LogP contribution in [0.1, 0.15) is 26.2 Å². The molecule has 0 bridgehead atoms. The van der Waals surface area contributed by atoms with Crippen molar-refractivity contribution < 1.29 is 9.53 Å². The Morgan fingerprint density at radius 2 is 2.50 bits per heavy atom. The molecule has 0 saturated heterocycles. The summed E-state index contributed by atoms with van der Waals surface area (Å²) >= 11 is 0. The first kappa shape index (κ1) is 7.25. The normalized spacial score (nSPS) is 16.9. The molecule has 0 radical (unpaired) electrons. The van der Waals surface area contributed by atoms with Gasteiger partial charge in [0.25, 0.3) is 0 Å². The van der Waals surface area contributed by atoms with Crippen LogP contribution >= 0.6 is 0 Å². The Hall–Kier alpha value is -0.860. The van der Waals surface area contributed by atoms with Crippen LogP contribution in [0.3, 0.4) is 0 Å². The molecule has 1 aliphatic rings. The predicted molar refractivity (Wildman–Crippen MR) is 38.3 cm³/mol. The molecular weight excluding hydrogens is 130 g/mol. The van der Waals surface area contributed by atoms with Gasteiger partial charge in [0.2, 0.25) is 0 Å². The third-order valence-corrected chi connectivity index (χ3v) is 1.43. The number of ether oxygens (including phenoxy) is 1. The van der Waals surface area contributed by atoms with Gasteiger partial charge in [-0.1, -0.05) is 13.3 Å². The van der Waals surface area contributed by atoms with Gasteiger partial charge in [-0.15, -0.1) is 0 Å². The summed E-state index contributed by atoms with van der Waals surface area (Å²) in [7, 11) is 0. The minimum atomic E-state index is -0.425. The van der Waals surface area contributed by atoms with Crippen LogP contribution in [0.5, 0.6) is 0 Å². The van der Waals surface area contributed by atoms with E-state index >= 15 is 0 Å². The van der Waals surface area contributed by atoms with E-state index in [-0.39, 0.29) is 0 Å². The third kappa shape index (κ3) is 1.83. The van der Waals surface area contributed by atoms with Crippen LogP contribution < -0.4 is 0 Å². The number of rotatable bonds is 3. The minimum absolute atomic E-state index is 0.416. The lowest BCUT2D eigenvalue weighted by Gasteiger charge is -1.93. The summed E-state index contributed by atoms with van der Waals surface area (Å²) in [4.78, 5) is 14.1. The average molecular weight is 141 g/mol. The van der Waals surface area contributed by atoms with Gasteiger partial charge in [-0.05, 0) is 12.8 Å². The van der Waals surface area contributed by atoms with Crippen molar-refractivity contribution in [2.24, 2.45) is 4.99 Å². The molecule has 3 heteroatoms. The van der Waals surface area contributed by atoms with Crippen LogP contribution in [0.15, 0.2) is 4.99 Å². The second kappa shape index (κ2) is 3.34. The minimum Gasteiger partial charge on any atom is -0.442 e. The molecule has 0 saturated carbocycles. The summed E-state index contributed by atoms with van der Waals surface area (Å²) < 4.78 is 4.62. The highest BCUT2D eigenvalue weighted by Crippen LogP contribution is 2.04. The zero-order valence-electron chi connectivity index (χ0n) is 6.09. The second-order valence-electron chi connectivity index (χ2n) is 2.34. The van der Waals surface area contributed by atoms with E-state index in [9.17, 15) is 4.79 Å². The first-order valence-electron chi connectivity index (χ1n) is 3.56. The Bertz CT molecular complexity index is 163. The fourth-order valence-corrected chi connectivity index (χ4v) is 0.848. The molecule has 0 aromatic heterocycles. The van der Waals surface area contributed by atoms with Crippen LogP contribution in [0.2, 0.25) is 0 Å². The number of amides is 1. The van der Waals surface area contributed by atoms with E-state index in [0.717, 1.165) is 25.0 Å². The van der Waals surface area contributed by atoms with E-state index < -0.39 is 6.09 Å². The molecule has 3 nitrogen and oxygen atoms in total. The Balaban J connectivity index is 2.28. The summed E-state index contributed by atoms with van der Waals surface area (Å²) in [5.41, 5.74) is 0.895. The van der Waals surface area contributed by atoms with Crippen molar-refractivity contribution in [3.05, 3.63) is 0 Å². The molecule has 0 spiro atoms. The summed E-state index contributed by atoms with van der Waals surface area (Å²) in [5.74, 6) is 0. The molecule has 0 aromatic rings. The van der Waals surface area contributed by atoms with Crippen LogP contribution in [0.25, 0.3) is 0 Å². The van der Waals surface area contributed by atoms with E-state index in [0.29, 0.717) is 6.61 Å². The van der Waals surface area contributed by atoms with Gasteiger partial charge in [0, 0.05) is 0 Å². The molecule has 0 N–H and O–H groups in total. The zero-order valence-corrected chi connectivity index (χ0v) is 6.09. The van der Waals surface area contributed by atoms with Gasteiger partial charge in [0.1, 0.15) is 6.61 Å². The number of cyclic esters (lactones) is 1. The van der Waals surface area contributed by atoms with Gasteiger partial charge in [-0.2, -0.15) is 4.99 Å². The smallest absolute Gasteiger partial charge is 0.433 e. The molecule has 56 valence electrons. The predicted octanol–water partition coefficient (Wildman–Crippen LogP) is 1.77. The number of unbranched alkanes of at least 4 members (excludes halogenated alkanes) is 1. The Morgan fingerprint density at radius 1 is 1.70 bits per heavy atom. The van der Waals surface area contributed by atoms with Crippen LogP contribution in [0, 0.1) is 0 Å². The molecule has 1 amide bonds. The molecule has 1 aliphatic heterocycles. The molecule has 1 rings (SSSR count). The highest BCUT2D eigenvalue weighted by atomic mass is 16.6. The summed E-state index contributed by atoms with van der Waals surface area (Å²) in [6.07, 6.45) is 2.70. The van der Waals surface area contributed by atoms with Gasteiger partial charge in [-0.3, -0.25) is 0 Å². The fraction of sp³-hybridized carbons (Fsp3) is 0.714. The number of nitrogens with zero attached hydrogens (tertiary/aromatic N) is 1. The van der Waals surface area contributed by atoms with Gasteiger partial charge in [0.15, 0.2) is 0 Å². The number of hydrogen-bond donors (Lipinski definition) is 0. The maximum Gasteiger partial charge on any atom is 0.433 e. The Kier molecular flexibility index (Phi) is 2.42. The molecule has 0 aromatic carbocycles. The lowest BCUT2D eigenvalue weighted by atomic mass is 10.2. The number of carbonyl (C=O) groups excluding carboxylic acids is 1. The SMILES string of the molecule is CCCCC1=NC(=O)OC1. The molecule has 0 fully saturated rings. The second-order valence-corrected chi connectivity index (χ2v) is 2.34. The van der Waals surface area contributed by atoms with E-state index in [2.05, 4.69) is 16.7 Å². The topological polar surface area (TPSA) is 38.7 Å². The van der Waals surface area contributed by atoms with Crippen molar-refractivity contribution in [2.75, 3.05) is 6.61 Å². The van der Waals surface area contributed by atoms with Crippen molar-refractivity contribution in [3.63, 3.8) is 0 Å². The monoisotopic (exact) mass is 141 g/mol. The number of hydrogen-bond acceptors (Lipinski definition) is 2. The van der Waals surface area contributed by atoms with Crippen molar-refractivity contribution in [1.82, 2.24) is 0 Å². The van der Waals surface area contributed by atoms with E-state index in [1.54, 1.807) is 0 Å². The van der Waals surface area contributed by atoms with E-state index in [1.165, 1.54) is 0 Å². The molecule has 0 unspecified atom stereocenters. The van der Waals surface area contributed by atoms with E-state index in [1.807, 2.05) is 0 Å². The van der Waals surface area contributed by atoms with Gasteiger partial charge >= 0.3 is 6.09 Å². The van der Waals surface area contributed by atoms with Crippen molar-refractivity contribution in [1.29, 1.82) is 0 Å².